The number of hydrogen-bond acceptors (Lipinski definition) is 3. The highest BCUT2D eigenvalue weighted by molar-refractivity contribution is 5.81. The number of carbonyl (C=O) groups is 1. The van der Waals surface area contributed by atoms with Gasteiger partial charge in [-0.3, -0.25) is 14.8 Å². The lowest BCUT2D eigenvalue weighted by molar-refractivity contribution is -0.120. The van der Waals surface area contributed by atoms with E-state index in [0.29, 0.717) is 0 Å². The van der Waals surface area contributed by atoms with E-state index in [1.54, 1.807) is 0 Å². The summed E-state index contributed by atoms with van der Waals surface area (Å²) in [5.74, 6) is -0.350. The number of aromatic nitrogens is 2. The first-order chi connectivity index (χ1) is 11.4. The molecule has 3 rings (SSSR count). The third-order valence-corrected chi connectivity index (χ3v) is 4.60. The molecule has 0 unspecified atom stereocenters. The minimum atomic E-state index is -0.486. The summed E-state index contributed by atoms with van der Waals surface area (Å²) in [6.45, 7) is 6.48. The second-order valence-electron chi connectivity index (χ2n) is 7.49. The molecular formula is C19H26N4O. The Balaban J connectivity index is 1.89. The summed E-state index contributed by atoms with van der Waals surface area (Å²) in [6, 6.07) is 9.28. The van der Waals surface area contributed by atoms with Gasteiger partial charge in [-0.15, -0.1) is 0 Å². The molecule has 1 aliphatic carbocycles. The first-order valence-corrected chi connectivity index (χ1v) is 8.55. The molecule has 3 N–H and O–H groups in total. The molecule has 1 aromatic heterocycles. The Morgan fingerprint density at radius 1 is 1.33 bits per heavy atom. The van der Waals surface area contributed by atoms with Crippen LogP contribution in [0.1, 0.15) is 62.5 Å². The fourth-order valence-electron chi connectivity index (χ4n) is 3.50. The molecule has 0 spiro atoms. The minimum absolute atomic E-state index is 0.0437. The third kappa shape index (κ3) is 3.22. The number of hydrogen-bond donors (Lipinski definition) is 2. The molecule has 0 radical (unpaired) electrons. The molecular weight excluding hydrogens is 300 g/mol. The van der Waals surface area contributed by atoms with E-state index in [-0.39, 0.29) is 17.5 Å². The average molecular weight is 326 g/mol. The Morgan fingerprint density at radius 2 is 2.04 bits per heavy atom. The number of rotatable bonds is 4. The van der Waals surface area contributed by atoms with Crippen molar-refractivity contribution in [3.8, 4) is 0 Å². The molecule has 24 heavy (non-hydrogen) atoms. The molecule has 2 aromatic rings. The van der Waals surface area contributed by atoms with E-state index >= 15 is 0 Å². The van der Waals surface area contributed by atoms with Crippen molar-refractivity contribution in [3.05, 3.63) is 53.3 Å². The Labute approximate surface area is 143 Å². The Morgan fingerprint density at radius 3 is 2.67 bits per heavy atom. The van der Waals surface area contributed by atoms with Crippen LogP contribution in [0.5, 0.6) is 0 Å². The summed E-state index contributed by atoms with van der Waals surface area (Å²) in [5.41, 5.74) is 8.98. The number of amides is 1. The summed E-state index contributed by atoms with van der Waals surface area (Å²) >= 11 is 0. The van der Waals surface area contributed by atoms with Crippen LogP contribution in [0.25, 0.3) is 0 Å². The maximum atomic E-state index is 12.0. The maximum absolute atomic E-state index is 12.0. The maximum Gasteiger partial charge on any atom is 0.239 e. The van der Waals surface area contributed by atoms with Crippen molar-refractivity contribution in [1.82, 2.24) is 15.1 Å². The van der Waals surface area contributed by atoms with Gasteiger partial charge < -0.3 is 5.73 Å². The largest absolute Gasteiger partial charge is 0.368 e. The van der Waals surface area contributed by atoms with Crippen molar-refractivity contribution in [1.29, 1.82) is 0 Å². The van der Waals surface area contributed by atoms with Crippen molar-refractivity contribution in [3.63, 3.8) is 0 Å². The van der Waals surface area contributed by atoms with Crippen LogP contribution in [0.3, 0.4) is 0 Å². The zero-order valence-electron chi connectivity index (χ0n) is 14.6. The van der Waals surface area contributed by atoms with Gasteiger partial charge in [-0.1, -0.05) is 30.3 Å². The molecule has 1 amide bonds. The van der Waals surface area contributed by atoms with Crippen LogP contribution < -0.4 is 11.1 Å². The van der Waals surface area contributed by atoms with E-state index in [4.69, 9.17) is 5.73 Å². The summed E-state index contributed by atoms with van der Waals surface area (Å²) in [5, 5.41) is 8.07. The zero-order valence-corrected chi connectivity index (χ0v) is 14.6. The van der Waals surface area contributed by atoms with Crippen molar-refractivity contribution < 1.29 is 4.79 Å². The zero-order chi connectivity index (χ0) is 17.3. The van der Waals surface area contributed by atoms with Crippen LogP contribution in [-0.4, -0.2) is 15.7 Å². The number of fused-ring (bicyclic) bond motifs is 1. The van der Waals surface area contributed by atoms with Gasteiger partial charge in [-0.05, 0) is 45.6 Å². The van der Waals surface area contributed by atoms with Crippen molar-refractivity contribution in [2.75, 3.05) is 0 Å². The molecule has 128 valence electrons. The molecule has 0 aliphatic heterocycles. The fourth-order valence-corrected chi connectivity index (χ4v) is 3.50. The van der Waals surface area contributed by atoms with Gasteiger partial charge in [0.05, 0.1) is 11.7 Å². The monoisotopic (exact) mass is 326 g/mol. The first kappa shape index (κ1) is 16.7. The molecule has 1 aromatic carbocycles. The number of nitrogens with two attached hydrogens (primary N) is 1. The molecule has 1 heterocycles. The second kappa shape index (κ2) is 6.40. The lowest BCUT2D eigenvalue weighted by Gasteiger charge is -2.30. The molecule has 0 saturated carbocycles. The van der Waals surface area contributed by atoms with Crippen LogP contribution in [0.2, 0.25) is 0 Å². The predicted octanol–water partition coefficient (Wildman–Crippen LogP) is 2.83. The standard InChI is InChI=1S/C19H26N4O/c1-19(2,3)23-16-11-7-10-15(14(16)12-21-23)22-17(18(20)24)13-8-5-4-6-9-13/h4-6,8-9,12,15,17,22H,7,10-11H2,1-3H3,(H2,20,24)/t15-,17+/m1/s1. The molecule has 5 heteroatoms. The van der Waals surface area contributed by atoms with Gasteiger partial charge in [0.2, 0.25) is 5.91 Å². The molecule has 0 saturated heterocycles. The first-order valence-electron chi connectivity index (χ1n) is 8.55. The molecule has 0 bridgehead atoms. The summed E-state index contributed by atoms with van der Waals surface area (Å²) in [4.78, 5) is 12.0. The van der Waals surface area contributed by atoms with Crippen LogP contribution >= 0.6 is 0 Å². The summed E-state index contributed by atoms with van der Waals surface area (Å²) in [7, 11) is 0. The number of carbonyl (C=O) groups excluding carboxylic acids is 1. The highest BCUT2D eigenvalue weighted by atomic mass is 16.1. The van der Waals surface area contributed by atoms with E-state index in [1.165, 1.54) is 11.3 Å². The fraction of sp³-hybridized carbons (Fsp3) is 0.474. The van der Waals surface area contributed by atoms with Crippen molar-refractivity contribution in [2.45, 2.75) is 57.7 Å². The van der Waals surface area contributed by atoms with Crippen LogP contribution in [0, 0.1) is 0 Å². The van der Waals surface area contributed by atoms with Gasteiger partial charge in [0, 0.05) is 17.3 Å². The van der Waals surface area contributed by atoms with Gasteiger partial charge in [-0.2, -0.15) is 5.10 Å². The average Bonchev–Trinajstić information content (AvgIpc) is 2.98. The summed E-state index contributed by atoms with van der Waals surface area (Å²) < 4.78 is 2.11. The van der Waals surface area contributed by atoms with Gasteiger partial charge in [0.15, 0.2) is 0 Å². The number of nitrogens with one attached hydrogen (secondary N) is 1. The quantitative estimate of drug-likeness (QED) is 0.907. The minimum Gasteiger partial charge on any atom is -0.368 e. The predicted molar refractivity (Wildman–Crippen MR) is 94.4 cm³/mol. The Hall–Kier alpha value is -2.14. The molecule has 2 atom stereocenters. The lowest BCUT2D eigenvalue weighted by atomic mass is 9.91. The molecule has 0 fully saturated rings. The van der Waals surface area contributed by atoms with E-state index in [9.17, 15) is 4.79 Å². The Kier molecular flexibility index (Phi) is 4.45. The normalized spacial score (nSPS) is 18.9. The topological polar surface area (TPSA) is 72.9 Å². The van der Waals surface area contributed by atoms with E-state index < -0.39 is 6.04 Å². The molecule has 1 aliphatic rings. The number of benzene rings is 1. The van der Waals surface area contributed by atoms with Gasteiger partial charge in [-0.25, -0.2) is 0 Å². The summed E-state index contributed by atoms with van der Waals surface area (Å²) in [6.07, 6.45) is 5.03. The van der Waals surface area contributed by atoms with Crippen molar-refractivity contribution in [2.24, 2.45) is 5.73 Å². The highest BCUT2D eigenvalue weighted by Gasteiger charge is 2.30. The van der Waals surface area contributed by atoms with Crippen LogP contribution in [-0.2, 0) is 16.8 Å². The van der Waals surface area contributed by atoms with E-state index in [2.05, 4.69) is 35.9 Å². The van der Waals surface area contributed by atoms with Gasteiger partial charge >= 0.3 is 0 Å². The number of primary amides is 1. The van der Waals surface area contributed by atoms with Crippen molar-refractivity contribution >= 4 is 5.91 Å². The van der Waals surface area contributed by atoms with E-state index in [1.807, 2.05) is 36.5 Å². The smallest absolute Gasteiger partial charge is 0.239 e. The number of nitrogens with zero attached hydrogens (tertiary/aromatic N) is 2. The Bertz CT molecular complexity index is 715. The van der Waals surface area contributed by atoms with E-state index in [0.717, 1.165) is 24.8 Å². The highest BCUT2D eigenvalue weighted by Crippen LogP contribution is 2.33. The van der Waals surface area contributed by atoms with Crippen LogP contribution in [0.4, 0.5) is 0 Å². The lowest BCUT2D eigenvalue weighted by Crippen LogP contribution is -2.37. The SMILES string of the molecule is CC(C)(C)n1ncc2c1CCC[C@H]2N[C@H](C(N)=O)c1ccccc1. The third-order valence-electron chi connectivity index (χ3n) is 4.60. The second-order valence-corrected chi connectivity index (χ2v) is 7.49. The van der Waals surface area contributed by atoms with Gasteiger partial charge in [0.25, 0.3) is 0 Å². The molecule has 5 nitrogen and oxygen atoms in total. The van der Waals surface area contributed by atoms with Gasteiger partial charge in [0.1, 0.15) is 6.04 Å². The van der Waals surface area contributed by atoms with Crippen LogP contribution in [0.15, 0.2) is 36.5 Å².